The van der Waals surface area contributed by atoms with E-state index >= 15 is 0 Å². The highest BCUT2D eigenvalue weighted by Gasteiger charge is 2.25. The van der Waals surface area contributed by atoms with E-state index in [1.165, 1.54) is 24.3 Å². The second kappa shape index (κ2) is 9.22. The fourth-order valence-corrected chi connectivity index (χ4v) is 3.95. The van der Waals surface area contributed by atoms with Gasteiger partial charge in [0.1, 0.15) is 11.6 Å². The van der Waals surface area contributed by atoms with Crippen molar-refractivity contribution in [3.63, 3.8) is 0 Å². The second-order valence-corrected chi connectivity index (χ2v) is 7.88. The molecule has 0 fully saturated rings. The van der Waals surface area contributed by atoms with Crippen molar-refractivity contribution in [2.45, 2.75) is 25.8 Å². The number of amides is 2. The zero-order valence-electron chi connectivity index (χ0n) is 18.1. The van der Waals surface area contributed by atoms with Crippen LogP contribution in [-0.4, -0.2) is 25.5 Å². The highest BCUT2D eigenvalue weighted by molar-refractivity contribution is 6.07. The molecular weight excluding hydrogens is 407 g/mol. The molecule has 5 nitrogen and oxygen atoms in total. The molecule has 0 bridgehead atoms. The molecular formula is C26H25FN2O3. The first kappa shape index (κ1) is 21.6. The van der Waals surface area contributed by atoms with Gasteiger partial charge in [0.15, 0.2) is 0 Å². The molecule has 4 rings (SSSR count). The maximum Gasteiger partial charge on any atom is 0.258 e. The Hall–Kier alpha value is -3.67. The lowest BCUT2D eigenvalue weighted by molar-refractivity contribution is 0.0939. The summed E-state index contributed by atoms with van der Waals surface area (Å²) in [6.07, 6.45) is 1.59. The van der Waals surface area contributed by atoms with Crippen LogP contribution < -0.4 is 15.0 Å². The Kier molecular flexibility index (Phi) is 6.21. The summed E-state index contributed by atoms with van der Waals surface area (Å²) in [5.74, 6) is 0.0520. The van der Waals surface area contributed by atoms with Crippen LogP contribution in [0.3, 0.4) is 0 Å². The first-order valence-electron chi connectivity index (χ1n) is 10.6. The van der Waals surface area contributed by atoms with Crippen molar-refractivity contribution in [2.24, 2.45) is 0 Å². The number of benzene rings is 3. The van der Waals surface area contributed by atoms with E-state index in [1.54, 1.807) is 18.1 Å². The van der Waals surface area contributed by atoms with E-state index in [0.717, 1.165) is 35.4 Å². The maximum absolute atomic E-state index is 13.2. The van der Waals surface area contributed by atoms with E-state index in [4.69, 9.17) is 4.74 Å². The van der Waals surface area contributed by atoms with Crippen LogP contribution >= 0.6 is 0 Å². The lowest BCUT2D eigenvalue weighted by atomic mass is 9.97. The van der Waals surface area contributed by atoms with Gasteiger partial charge in [-0.05, 0) is 85.5 Å². The molecule has 0 radical (unpaired) electrons. The number of aryl methyl sites for hydroxylation is 1. The van der Waals surface area contributed by atoms with E-state index in [9.17, 15) is 14.0 Å². The smallest absolute Gasteiger partial charge is 0.258 e. The zero-order chi connectivity index (χ0) is 22.7. The number of fused-ring (bicyclic) bond motifs is 1. The molecule has 3 aromatic rings. The first-order chi connectivity index (χ1) is 15.5. The number of anilines is 1. The maximum atomic E-state index is 13.2. The van der Waals surface area contributed by atoms with Crippen molar-refractivity contribution in [2.75, 3.05) is 18.6 Å². The van der Waals surface area contributed by atoms with Gasteiger partial charge >= 0.3 is 0 Å². The fourth-order valence-electron chi connectivity index (χ4n) is 3.95. The van der Waals surface area contributed by atoms with Crippen molar-refractivity contribution in [3.8, 4) is 5.75 Å². The molecule has 1 heterocycles. The number of nitrogens with one attached hydrogen (secondary N) is 1. The molecule has 6 heteroatoms. The summed E-state index contributed by atoms with van der Waals surface area (Å²) in [7, 11) is 1.62. The minimum atomic E-state index is -0.375. The quantitative estimate of drug-likeness (QED) is 0.623. The van der Waals surface area contributed by atoms with Crippen LogP contribution in [0.4, 0.5) is 10.1 Å². The number of hydrogen-bond donors (Lipinski definition) is 1. The van der Waals surface area contributed by atoms with E-state index in [-0.39, 0.29) is 23.7 Å². The van der Waals surface area contributed by atoms with Crippen LogP contribution in [-0.2, 0) is 6.42 Å². The van der Waals surface area contributed by atoms with Crippen LogP contribution in [0.15, 0.2) is 66.7 Å². The van der Waals surface area contributed by atoms with Crippen LogP contribution in [0.2, 0.25) is 0 Å². The third-order valence-corrected chi connectivity index (χ3v) is 5.76. The van der Waals surface area contributed by atoms with Crippen LogP contribution in [0, 0.1) is 5.82 Å². The number of halogens is 1. The summed E-state index contributed by atoms with van der Waals surface area (Å²) in [5, 5.41) is 3.03. The number of hydrogen-bond acceptors (Lipinski definition) is 3. The van der Waals surface area contributed by atoms with Gasteiger partial charge in [-0.2, -0.15) is 0 Å². The molecule has 1 N–H and O–H groups in total. The third kappa shape index (κ3) is 4.49. The topological polar surface area (TPSA) is 58.6 Å². The molecule has 0 aliphatic carbocycles. The standard InChI is InChI=1S/C26H25FN2O3/c1-17(18-7-12-23(32-2)13-8-18)28-25(30)21-9-14-24-20(16-21)4-3-15-29(24)26(31)19-5-10-22(27)11-6-19/h5-14,16-17H,3-4,15H2,1-2H3,(H,28,30)/t17-/m1/s1. The van der Waals surface area contributed by atoms with E-state index in [1.807, 2.05) is 43.3 Å². The average Bonchev–Trinajstić information content (AvgIpc) is 2.83. The molecule has 1 aliphatic rings. The first-order valence-corrected chi connectivity index (χ1v) is 10.6. The summed E-state index contributed by atoms with van der Waals surface area (Å²) >= 11 is 0. The van der Waals surface area contributed by atoms with Gasteiger partial charge in [-0.15, -0.1) is 0 Å². The SMILES string of the molecule is COc1ccc([C@@H](C)NC(=O)c2ccc3c(c2)CCCN3C(=O)c2ccc(F)cc2)cc1. The predicted octanol–water partition coefficient (Wildman–Crippen LogP) is 4.92. The van der Waals surface area contributed by atoms with Gasteiger partial charge in [0.05, 0.1) is 13.2 Å². The predicted molar refractivity (Wildman–Crippen MR) is 122 cm³/mol. The summed E-state index contributed by atoms with van der Waals surface area (Å²) in [6.45, 7) is 2.52. The van der Waals surface area contributed by atoms with Crippen molar-refractivity contribution in [1.82, 2.24) is 5.32 Å². The van der Waals surface area contributed by atoms with Gasteiger partial charge in [-0.3, -0.25) is 9.59 Å². The Morgan fingerprint density at radius 3 is 2.38 bits per heavy atom. The number of methoxy groups -OCH3 is 1. The van der Waals surface area contributed by atoms with E-state index in [2.05, 4.69) is 5.32 Å². The van der Waals surface area contributed by atoms with Gasteiger partial charge in [0.25, 0.3) is 11.8 Å². The van der Waals surface area contributed by atoms with Crippen molar-refractivity contribution in [1.29, 1.82) is 0 Å². The van der Waals surface area contributed by atoms with Crippen molar-refractivity contribution >= 4 is 17.5 Å². The van der Waals surface area contributed by atoms with E-state index < -0.39 is 0 Å². The lowest BCUT2D eigenvalue weighted by Crippen LogP contribution is -2.35. The highest BCUT2D eigenvalue weighted by atomic mass is 19.1. The summed E-state index contributed by atoms with van der Waals surface area (Å²) < 4.78 is 18.4. The molecule has 164 valence electrons. The summed E-state index contributed by atoms with van der Waals surface area (Å²) in [4.78, 5) is 27.5. The monoisotopic (exact) mass is 432 g/mol. The molecule has 0 saturated heterocycles. The molecule has 0 spiro atoms. The Morgan fingerprint density at radius 1 is 1.00 bits per heavy atom. The number of carbonyl (C=O) groups excluding carboxylic acids is 2. The summed E-state index contributed by atoms with van der Waals surface area (Å²) in [6, 6.07) is 18.4. The molecule has 1 atom stereocenters. The molecule has 0 saturated carbocycles. The number of ether oxygens (including phenoxy) is 1. The highest BCUT2D eigenvalue weighted by Crippen LogP contribution is 2.30. The van der Waals surface area contributed by atoms with E-state index in [0.29, 0.717) is 17.7 Å². The minimum Gasteiger partial charge on any atom is -0.497 e. The molecule has 0 aromatic heterocycles. The minimum absolute atomic E-state index is 0.166. The van der Waals surface area contributed by atoms with Gasteiger partial charge in [0.2, 0.25) is 0 Å². The number of rotatable bonds is 5. The van der Waals surface area contributed by atoms with Gasteiger partial charge in [0, 0.05) is 23.4 Å². The second-order valence-electron chi connectivity index (χ2n) is 7.88. The van der Waals surface area contributed by atoms with Crippen LogP contribution in [0.1, 0.15) is 51.2 Å². The van der Waals surface area contributed by atoms with Crippen LogP contribution in [0.5, 0.6) is 5.75 Å². The van der Waals surface area contributed by atoms with Gasteiger partial charge in [-0.25, -0.2) is 4.39 Å². The third-order valence-electron chi connectivity index (χ3n) is 5.76. The lowest BCUT2D eigenvalue weighted by Gasteiger charge is -2.30. The van der Waals surface area contributed by atoms with Crippen LogP contribution in [0.25, 0.3) is 0 Å². The fraction of sp³-hybridized carbons (Fsp3) is 0.231. The molecule has 0 unspecified atom stereocenters. The largest absolute Gasteiger partial charge is 0.497 e. The van der Waals surface area contributed by atoms with Crippen molar-refractivity contribution < 1.29 is 18.7 Å². The molecule has 3 aromatic carbocycles. The number of nitrogens with zero attached hydrogens (tertiary/aromatic N) is 1. The Bertz CT molecular complexity index is 1130. The molecule has 1 aliphatic heterocycles. The normalized spacial score (nSPS) is 13.8. The molecule has 2 amide bonds. The Morgan fingerprint density at radius 2 is 1.69 bits per heavy atom. The van der Waals surface area contributed by atoms with Gasteiger partial charge < -0.3 is 15.0 Å². The zero-order valence-corrected chi connectivity index (χ0v) is 18.1. The van der Waals surface area contributed by atoms with Crippen molar-refractivity contribution in [3.05, 3.63) is 94.8 Å². The summed E-state index contributed by atoms with van der Waals surface area (Å²) in [5.41, 5.74) is 3.73. The Balaban J connectivity index is 1.50. The molecule has 32 heavy (non-hydrogen) atoms. The number of carbonyl (C=O) groups is 2. The Labute approximate surface area is 186 Å². The average molecular weight is 432 g/mol. The van der Waals surface area contributed by atoms with Gasteiger partial charge in [-0.1, -0.05) is 12.1 Å².